The zero-order chi connectivity index (χ0) is 26.3. The van der Waals surface area contributed by atoms with E-state index in [0.29, 0.717) is 0 Å². The van der Waals surface area contributed by atoms with E-state index >= 15 is 0 Å². The van der Waals surface area contributed by atoms with Gasteiger partial charge >= 0.3 is 21.3 Å². The molecule has 0 fully saturated rings. The van der Waals surface area contributed by atoms with Crippen molar-refractivity contribution in [1.82, 2.24) is 19.5 Å². The van der Waals surface area contributed by atoms with Gasteiger partial charge in [-0.2, -0.15) is 4.98 Å². The van der Waals surface area contributed by atoms with Crippen LogP contribution in [-0.4, -0.2) is 74.2 Å². The number of hydrogen-bond acceptors (Lipinski definition) is 10. The first-order valence-electron chi connectivity index (χ1n) is 9.78. The van der Waals surface area contributed by atoms with E-state index < -0.39 is 58.4 Å². The average Bonchev–Trinajstić information content (AvgIpc) is 2.71. The van der Waals surface area contributed by atoms with Crippen LogP contribution in [0.25, 0.3) is 22.6 Å². The Bertz CT molecular complexity index is 1430. The first kappa shape index (κ1) is 27.2. The summed E-state index contributed by atoms with van der Waals surface area (Å²) in [5.41, 5.74) is -0.0773. The Morgan fingerprint density at radius 2 is 1.63 bits per heavy atom. The molecule has 1 aromatic rings. The summed E-state index contributed by atoms with van der Waals surface area (Å²) in [6, 6.07) is 3.24. The van der Waals surface area contributed by atoms with Crippen molar-refractivity contribution in [3.05, 3.63) is 44.1 Å². The number of aromatic amines is 1. The summed E-state index contributed by atoms with van der Waals surface area (Å²) in [4.78, 5) is 70.3. The Morgan fingerprint density at radius 3 is 2.23 bits per heavy atom. The second-order valence-electron chi connectivity index (χ2n) is 7.67. The maximum atomic E-state index is 12.4. The van der Waals surface area contributed by atoms with Gasteiger partial charge in [-0.25, -0.2) is 18.9 Å². The van der Waals surface area contributed by atoms with Gasteiger partial charge in [0.05, 0.1) is 24.2 Å². The Labute approximate surface area is 195 Å². The molecule has 0 amide bonds. The molecule has 35 heavy (non-hydrogen) atoms. The van der Waals surface area contributed by atoms with E-state index in [2.05, 4.69) is 19.0 Å². The fourth-order valence-electron chi connectivity index (χ4n) is 3.35. The minimum Gasteiger partial charge on any atom is -0.388 e. The largest absolute Gasteiger partial charge is 0.470 e. The molecular formula is C17H22N4O12P2. The third-order valence-electron chi connectivity index (χ3n) is 5.02. The van der Waals surface area contributed by atoms with Gasteiger partial charge in [0.1, 0.15) is 18.3 Å². The van der Waals surface area contributed by atoms with E-state index in [-0.39, 0.29) is 22.6 Å². The lowest BCUT2D eigenvalue weighted by molar-refractivity contribution is -0.0756. The molecule has 0 unspecified atom stereocenters. The number of hydrogen-bond donors (Lipinski definition) is 7. The third kappa shape index (κ3) is 6.65. The minimum absolute atomic E-state index is 0.261. The van der Waals surface area contributed by atoms with Crippen LogP contribution in [-0.2, 0) is 24.7 Å². The van der Waals surface area contributed by atoms with Crippen molar-refractivity contribution in [2.75, 3.05) is 6.61 Å². The van der Waals surface area contributed by atoms with Crippen LogP contribution in [0, 0.1) is 13.8 Å². The standard InChI is InChI=1S/C17H22N4O12P2/c1-7-3-9-10(4-8(7)2)21(15-13(18-9)16(24)20-17(25)19-15)5-11(22)14(33-35(29,30)31)12(23)6-32-34(26,27)28/h3-4,11-12,14,22-23H,5-6H2,1-2H3,(H,20,24,25)(H2,26,27,28)(H2,29,30,31)/t11-,12+,14-/m0/s1. The number of phosphoric acid groups is 2. The van der Waals surface area contributed by atoms with Crippen molar-refractivity contribution in [2.45, 2.75) is 38.7 Å². The molecule has 192 valence electrons. The monoisotopic (exact) mass is 536 g/mol. The second-order valence-corrected chi connectivity index (χ2v) is 10.1. The quantitative estimate of drug-likeness (QED) is 0.121. The minimum atomic E-state index is -5.34. The predicted molar refractivity (Wildman–Crippen MR) is 117 cm³/mol. The van der Waals surface area contributed by atoms with Crippen LogP contribution in [0.2, 0.25) is 0 Å². The number of phosphoric ester groups is 2. The van der Waals surface area contributed by atoms with Crippen LogP contribution in [0.4, 0.5) is 0 Å². The molecule has 2 aliphatic rings. The molecule has 0 saturated heterocycles. The Hall–Kier alpha value is -2.36. The highest BCUT2D eigenvalue weighted by Crippen LogP contribution is 2.41. The summed E-state index contributed by atoms with van der Waals surface area (Å²) in [6.07, 6.45) is -6.23. The van der Waals surface area contributed by atoms with Crippen molar-refractivity contribution in [1.29, 1.82) is 0 Å². The van der Waals surface area contributed by atoms with Crippen molar-refractivity contribution in [3.8, 4) is 11.5 Å². The highest BCUT2D eigenvalue weighted by atomic mass is 31.2. The molecule has 18 heteroatoms. The fraction of sp³-hybridized carbons (Fsp3) is 0.412. The van der Waals surface area contributed by atoms with Gasteiger partial charge in [0.25, 0.3) is 5.56 Å². The molecule has 2 aliphatic heterocycles. The molecule has 0 spiro atoms. The molecule has 0 saturated carbocycles. The molecule has 0 radical (unpaired) electrons. The summed E-state index contributed by atoms with van der Waals surface area (Å²) in [5.74, 6) is -0.274. The Balaban J connectivity index is 2.14. The topological polar surface area (TPSA) is 255 Å². The number of benzene rings is 1. The smallest absolute Gasteiger partial charge is 0.388 e. The number of fused-ring (bicyclic) bond motifs is 2. The summed E-state index contributed by atoms with van der Waals surface area (Å²) in [6.45, 7) is 1.73. The van der Waals surface area contributed by atoms with Gasteiger partial charge in [0.15, 0.2) is 11.5 Å². The van der Waals surface area contributed by atoms with Crippen LogP contribution in [0.3, 0.4) is 0 Å². The highest BCUT2D eigenvalue weighted by molar-refractivity contribution is 7.46. The summed E-state index contributed by atoms with van der Waals surface area (Å²) >= 11 is 0. The van der Waals surface area contributed by atoms with Gasteiger partial charge in [0.2, 0.25) is 0 Å². The van der Waals surface area contributed by atoms with Crippen LogP contribution >= 0.6 is 15.6 Å². The predicted octanol–water partition coefficient (Wildman–Crippen LogP) is -1.49. The van der Waals surface area contributed by atoms with Gasteiger partial charge < -0.3 is 34.4 Å². The molecule has 7 N–H and O–H groups in total. The number of aliphatic hydroxyl groups is 2. The van der Waals surface area contributed by atoms with Crippen LogP contribution in [0.15, 0.2) is 21.7 Å². The number of H-pyrrole nitrogens is 1. The van der Waals surface area contributed by atoms with E-state index in [0.717, 1.165) is 11.1 Å². The number of aliphatic hydroxyl groups excluding tert-OH is 2. The molecular weight excluding hydrogens is 514 g/mol. The van der Waals surface area contributed by atoms with Gasteiger partial charge in [-0.3, -0.25) is 18.8 Å². The zero-order valence-corrected chi connectivity index (χ0v) is 20.0. The lowest BCUT2D eigenvalue weighted by atomic mass is 10.1. The van der Waals surface area contributed by atoms with Gasteiger partial charge in [0, 0.05) is 0 Å². The lowest BCUT2D eigenvalue weighted by Gasteiger charge is -2.29. The van der Waals surface area contributed by atoms with Crippen LogP contribution < -0.4 is 11.2 Å². The van der Waals surface area contributed by atoms with Crippen molar-refractivity contribution >= 4 is 26.7 Å². The van der Waals surface area contributed by atoms with Crippen molar-refractivity contribution in [3.63, 3.8) is 0 Å². The Kier molecular flexibility index (Phi) is 7.74. The Morgan fingerprint density at radius 1 is 1.00 bits per heavy atom. The number of nitrogens with one attached hydrogen (secondary N) is 1. The average molecular weight is 536 g/mol. The van der Waals surface area contributed by atoms with Gasteiger partial charge in [-0.15, -0.1) is 0 Å². The number of rotatable bonds is 9. The molecule has 2 heterocycles. The van der Waals surface area contributed by atoms with E-state index in [4.69, 9.17) is 9.79 Å². The number of aromatic nitrogens is 4. The molecule has 3 atom stereocenters. The molecule has 1 aromatic carbocycles. The van der Waals surface area contributed by atoms with E-state index in [1.807, 2.05) is 4.98 Å². The third-order valence-corrected chi connectivity index (χ3v) is 6.03. The van der Waals surface area contributed by atoms with Gasteiger partial charge in [-0.1, -0.05) is 0 Å². The molecule has 16 nitrogen and oxygen atoms in total. The van der Waals surface area contributed by atoms with Gasteiger partial charge in [-0.05, 0) is 37.1 Å². The van der Waals surface area contributed by atoms with Crippen molar-refractivity contribution < 1.29 is 48.0 Å². The molecule has 0 bridgehead atoms. The number of aryl methyl sites for hydroxylation is 2. The zero-order valence-electron chi connectivity index (χ0n) is 18.2. The normalized spacial score (nSPS) is 15.4. The summed E-state index contributed by atoms with van der Waals surface area (Å²) in [5, 5.41) is 21.0. The first-order valence-corrected chi connectivity index (χ1v) is 12.8. The first-order chi connectivity index (χ1) is 16.1. The van der Waals surface area contributed by atoms with Crippen LogP contribution in [0.5, 0.6) is 0 Å². The second kappa shape index (κ2) is 9.95. The summed E-state index contributed by atoms with van der Waals surface area (Å²) in [7, 11) is -10.4. The molecule has 0 aliphatic carbocycles. The molecule has 3 rings (SSSR count). The van der Waals surface area contributed by atoms with Crippen molar-refractivity contribution in [2.24, 2.45) is 0 Å². The maximum Gasteiger partial charge on any atom is 0.470 e. The summed E-state index contributed by atoms with van der Waals surface area (Å²) < 4.78 is 32.2. The lowest BCUT2D eigenvalue weighted by Crippen LogP contribution is -2.44. The van der Waals surface area contributed by atoms with Crippen LogP contribution in [0.1, 0.15) is 11.1 Å². The highest BCUT2D eigenvalue weighted by Gasteiger charge is 2.36. The molecule has 0 aromatic heterocycles. The van der Waals surface area contributed by atoms with E-state index in [9.17, 15) is 38.7 Å². The number of nitrogens with zero attached hydrogens (tertiary/aromatic N) is 3. The van der Waals surface area contributed by atoms with E-state index in [1.165, 1.54) is 4.57 Å². The fourth-order valence-corrected chi connectivity index (χ4v) is 4.29. The van der Waals surface area contributed by atoms with E-state index in [1.54, 1.807) is 26.0 Å². The maximum absolute atomic E-state index is 12.4. The SMILES string of the molecule is Cc1cc2nc3c(=O)[nH]c(=O)nc-3n(C[C@H](O)[C@H](OP(=O)(O)O)[C@H](O)COP(=O)(O)O)c2cc1C.